The van der Waals surface area contributed by atoms with Gasteiger partial charge in [-0.3, -0.25) is 19.6 Å². The molecule has 2 amide bonds. The highest BCUT2D eigenvalue weighted by molar-refractivity contribution is 7.80. The van der Waals surface area contributed by atoms with E-state index in [2.05, 4.69) is 25.1 Å². The Morgan fingerprint density at radius 2 is 2.00 bits per heavy atom. The van der Waals surface area contributed by atoms with E-state index in [0.717, 1.165) is 11.3 Å². The zero-order chi connectivity index (χ0) is 37.7. The molecular weight excluding hydrogens is 716 g/mol. The summed E-state index contributed by atoms with van der Waals surface area (Å²) in [4.78, 5) is 48.3. The van der Waals surface area contributed by atoms with Crippen LogP contribution in [-0.2, 0) is 40.3 Å². The minimum Gasteiger partial charge on any atom is -0.485 e. The number of thiazole rings is 1. The Kier molecular flexibility index (Phi) is 10.1. The maximum Gasteiger partial charge on any atom is 0.418 e. The largest absolute Gasteiger partial charge is 0.485 e. The Morgan fingerprint density at radius 1 is 1.31 bits per heavy atom. The maximum atomic E-state index is 13.5. The number of nitrogens with zero attached hydrogens (tertiary/aromatic N) is 3. The highest BCUT2D eigenvalue weighted by Crippen LogP contribution is 2.36. The van der Waals surface area contributed by atoms with E-state index in [1.54, 1.807) is 18.2 Å². The number of hydrogen-bond donors (Lipinski definition) is 9. The normalized spacial score (nSPS) is 25.9. The third-order valence-electron chi connectivity index (χ3n) is 9.20. The van der Waals surface area contributed by atoms with E-state index >= 15 is 0 Å². The smallest absolute Gasteiger partial charge is 0.418 e. The molecule has 1 aromatic heterocycles. The molecule has 1 saturated carbocycles. The molecule has 3 aliphatic rings. The van der Waals surface area contributed by atoms with Crippen molar-refractivity contribution in [3.8, 4) is 5.75 Å². The molecule has 5 rings (SSSR count). The van der Waals surface area contributed by atoms with Crippen molar-refractivity contribution in [2.24, 2.45) is 10.9 Å². The second-order valence-electron chi connectivity index (χ2n) is 13.2. The average Bonchev–Trinajstić information content (AvgIpc) is 3.48. The highest BCUT2D eigenvalue weighted by atomic mass is 32.3. The Labute approximate surface area is 295 Å². The number of oxime groups is 1. The monoisotopic (exact) mass is 754 g/mol. The van der Waals surface area contributed by atoms with Crippen LogP contribution in [0.1, 0.15) is 56.9 Å². The minimum absolute atomic E-state index is 0.0369. The average molecular weight is 755 g/mol. The van der Waals surface area contributed by atoms with E-state index in [1.807, 2.05) is 0 Å². The van der Waals surface area contributed by atoms with E-state index in [4.69, 9.17) is 31.0 Å². The number of aromatic nitrogens is 1. The molecule has 0 bridgehead atoms. The van der Waals surface area contributed by atoms with Crippen LogP contribution in [0.3, 0.4) is 0 Å². The van der Waals surface area contributed by atoms with Gasteiger partial charge in [-0.2, -0.15) is 13.5 Å². The molecule has 278 valence electrons. The molecule has 51 heavy (non-hydrogen) atoms. The van der Waals surface area contributed by atoms with E-state index in [-0.39, 0.29) is 29.1 Å². The number of fused-ring (bicyclic) bond motifs is 1. The highest BCUT2D eigenvalue weighted by Gasteiger charge is 2.58. The SMILES string of the molecule is CC1(C)[C@H](NC(=O)/C(=N\O[C@](C)(C(=O)O)[C@H]2CCc3cc(C(=N)N[C@H]4C[C@](N)(C(O)CO)C4)ccc3O2)c2csc(N)n2)C(=O)N1OS(=O)(=O)O. The molecule has 1 unspecified atom stereocenters. The second-order valence-corrected chi connectivity index (χ2v) is 15.1. The summed E-state index contributed by atoms with van der Waals surface area (Å²) in [5.41, 5.74) is 7.87. The van der Waals surface area contributed by atoms with Crippen molar-refractivity contribution in [2.75, 3.05) is 12.3 Å². The molecule has 1 aliphatic carbocycles. The van der Waals surface area contributed by atoms with E-state index in [0.29, 0.717) is 41.2 Å². The van der Waals surface area contributed by atoms with Gasteiger partial charge in [0.25, 0.3) is 17.4 Å². The Morgan fingerprint density at radius 3 is 2.57 bits per heavy atom. The summed E-state index contributed by atoms with van der Waals surface area (Å²) < 4.78 is 41.7. The molecule has 11 N–H and O–H groups in total. The number of carbonyl (C=O) groups excluding carboxylic acids is 2. The van der Waals surface area contributed by atoms with Gasteiger partial charge in [0.1, 0.15) is 23.3 Å². The van der Waals surface area contributed by atoms with Gasteiger partial charge in [0.15, 0.2) is 16.9 Å². The first-order chi connectivity index (χ1) is 23.7. The number of rotatable bonds is 13. The Hall–Kier alpha value is -4.45. The number of aliphatic carboxylic acids is 1. The van der Waals surface area contributed by atoms with Crippen molar-refractivity contribution in [1.82, 2.24) is 20.7 Å². The van der Waals surface area contributed by atoms with Crippen molar-refractivity contribution in [3.63, 3.8) is 0 Å². The number of ether oxygens (including phenoxy) is 1. The van der Waals surface area contributed by atoms with Crippen molar-refractivity contribution >= 4 is 56.2 Å². The fraction of sp³-hybridized carbons (Fsp3) is 0.517. The third kappa shape index (κ3) is 7.47. The number of nitrogen functional groups attached to an aromatic ring is 1. The van der Waals surface area contributed by atoms with Crippen LogP contribution in [0.5, 0.6) is 5.75 Å². The summed E-state index contributed by atoms with van der Waals surface area (Å²) >= 11 is 0.944. The molecule has 3 heterocycles. The van der Waals surface area contributed by atoms with Crippen LogP contribution < -0.4 is 26.8 Å². The first kappa shape index (κ1) is 37.8. The lowest BCUT2D eigenvalue weighted by Crippen LogP contribution is -2.76. The topological polar surface area (TPSA) is 322 Å². The predicted molar refractivity (Wildman–Crippen MR) is 178 cm³/mol. The quantitative estimate of drug-likeness (QED) is 0.0375. The Bertz CT molecular complexity index is 1880. The molecular formula is C29H38N8O12S2. The number of anilines is 1. The van der Waals surface area contributed by atoms with Crippen LogP contribution in [-0.4, -0.2) is 115 Å². The summed E-state index contributed by atoms with van der Waals surface area (Å²) in [5, 5.41) is 49.0. The lowest BCUT2D eigenvalue weighted by molar-refractivity contribution is -0.218. The number of β-lactam (4-membered cyclic amide) rings is 1. The van der Waals surface area contributed by atoms with Crippen LogP contribution in [0.4, 0.5) is 5.13 Å². The van der Waals surface area contributed by atoms with E-state index < -0.39 is 75.4 Å². The van der Waals surface area contributed by atoms with Gasteiger partial charge in [0.05, 0.1) is 18.2 Å². The van der Waals surface area contributed by atoms with Gasteiger partial charge >= 0.3 is 16.4 Å². The number of benzene rings is 1. The van der Waals surface area contributed by atoms with Crippen molar-refractivity contribution in [2.45, 2.75) is 87.4 Å². The van der Waals surface area contributed by atoms with Gasteiger partial charge in [0, 0.05) is 22.5 Å². The number of aliphatic hydroxyl groups is 2. The summed E-state index contributed by atoms with van der Waals surface area (Å²) in [5.74, 6) is -3.09. The number of aliphatic hydroxyl groups excluding tert-OH is 2. The standard InChI is InChI=1S/C29H38N8O12S2/c1-27(2)21(24(41)37(27)49-51(44,45)46)35-23(40)20(16-12-50-26(31)34-16)36-48-28(3,25(42)43)19-7-5-13-8-14(4-6-17(13)47-19)22(30)33-15-9-29(32,10-15)18(39)11-38/h4,6,8,12,15,18-19,21,38-39H,5,7,9-11,32H2,1-3H3,(H2,30,33)(H2,31,34)(H,35,40)(H,42,43)(H,44,45,46)/b36-20-/t15-,18?,19-,21-,28+,29+/m1/s1. The zero-order valence-corrected chi connectivity index (χ0v) is 29.2. The van der Waals surface area contributed by atoms with Gasteiger partial charge in [-0.05, 0) is 70.2 Å². The van der Waals surface area contributed by atoms with Crippen LogP contribution in [0.15, 0.2) is 28.7 Å². The van der Waals surface area contributed by atoms with Crippen molar-refractivity contribution in [1.29, 1.82) is 5.41 Å². The maximum absolute atomic E-state index is 13.5. The van der Waals surface area contributed by atoms with Crippen molar-refractivity contribution < 1.29 is 56.5 Å². The summed E-state index contributed by atoms with van der Waals surface area (Å²) in [6.45, 7) is 3.46. The van der Waals surface area contributed by atoms with Gasteiger partial charge in [0.2, 0.25) is 0 Å². The molecule has 22 heteroatoms. The predicted octanol–water partition coefficient (Wildman–Crippen LogP) is -1.35. The Balaban J connectivity index is 1.30. The third-order valence-corrected chi connectivity index (χ3v) is 10.2. The first-order valence-corrected chi connectivity index (χ1v) is 17.7. The minimum atomic E-state index is -5.05. The van der Waals surface area contributed by atoms with Gasteiger partial charge in [-0.15, -0.1) is 15.6 Å². The number of hydroxylamine groups is 2. The van der Waals surface area contributed by atoms with Crippen molar-refractivity contribution in [3.05, 3.63) is 40.4 Å². The molecule has 20 nitrogen and oxygen atoms in total. The molecule has 2 aliphatic heterocycles. The fourth-order valence-electron chi connectivity index (χ4n) is 6.03. The number of amides is 2. The lowest BCUT2D eigenvalue weighted by Gasteiger charge is -2.50. The number of carboxylic acid groups (broad SMARTS) is 1. The molecule has 0 radical (unpaired) electrons. The van der Waals surface area contributed by atoms with Crippen LogP contribution in [0.25, 0.3) is 0 Å². The van der Waals surface area contributed by atoms with Crippen LogP contribution in [0.2, 0.25) is 0 Å². The number of carboxylic acids is 1. The molecule has 1 saturated heterocycles. The summed E-state index contributed by atoms with van der Waals surface area (Å²) in [7, 11) is -5.05. The van der Waals surface area contributed by atoms with Gasteiger partial charge in [-0.1, -0.05) is 5.16 Å². The second kappa shape index (κ2) is 13.6. The van der Waals surface area contributed by atoms with Crippen LogP contribution >= 0.6 is 11.3 Å². The molecule has 1 aromatic carbocycles. The number of amidine groups is 1. The van der Waals surface area contributed by atoms with E-state index in [9.17, 15) is 38.1 Å². The van der Waals surface area contributed by atoms with Gasteiger partial charge < -0.3 is 47.0 Å². The molecule has 4 atom stereocenters. The van der Waals surface area contributed by atoms with E-state index in [1.165, 1.54) is 26.2 Å². The van der Waals surface area contributed by atoms with Gasteiger partial charge in [-0.25, -0.2) is 9.78 Å². The lowest BCUT2D eigenvalue weighted by atomic mass is 9.70. The number of nitrogens with two attached hydrogens (primary N) is 2. The summed E-state index contributed by atoms with van der Waals surface area (Å²) in [6.07, 6.45) is -0.996. The first-order valence-electron chi connectivity index (χ1n) is 15.4. The molecule has 0 spiro atoms. The zero-order valence-electron chi connectivity index (χ0n) is 27.5. The number of aryl methyl sites for hydroxylation is 1. The number of nitrogens with one attached hydrogen (secondary N) is 3. The summed E-state index contributed by atoms with van der Waals surface area (Å²) in [6, 6.07) is 3.41. The van der Waals surface area contributed by atoms with Crippen LogP contribution in [0, 0.1) is 5.41 Å². The fourth-order valence-corrected chi connectivity index (χ4v) is 7.03. The molecule has 2 fully saturated rings. The number of hydrogen-bond acceptors (Lipinski definition) is 16. The number of carbonyl (C=O) groups is 3. The molecule has 2 aromatic rings.